The third-order valence-electron chi connectivity index (χ3n) is 2.13. The zero-order chi connectivity index (χ0) is 12.3. The van der Waals surface area contributed by atoms with E-state index in [1.165, 1.54) is 0 Å². The van der Waals surface area contributed by atoms with Crippen LogP contribution in [0.5, 0.6) is 5.75 Å². The van der Waals surface area contributed by atoms with Gasteiger partial charge < -0.3 is 10.5 Å². The number of ether oxygens (including phenoxy) is 1. The highest BCUT2D eigenvalue weighted by molar-refractivity contribution is 9.10. The van der Waals surface area contributed by atoms with Crippen molar-refractivity contribution in [2.45, 2.75) is 6.61 Å². The molecule has 1 heterocycles. The monoisotopic (exact) mass is 312 g/mol. The zero-order valence-corrected chi connectivity index (χ0v) is 11.2. The maximum absolute atomic E-state index is 5.87. The second kappa shape index (κ2) is 5.38. The van der Waals surface area contributed by atoms with E-state index in [0.29, 0.717) is 23.1 Å². The summed E-state index contributed by atoms with van der Waals surface area (Å²) in [6, 6.07) is 7.08. The van der Waals surface area contributed by atoms with Crippen LogP contribution in [0.3, 0.4) is 0 Å². The third-order valence-corrected chi connectivity index (χ3v) is 2.80. The molecule has 1 aromatic carbocycles. The maximum atomic E-state index is 5.87. The van der Waals surface area contributed by atoms with Gasteiger partial charge in [-0.05, 0) is 34.1 Å². The summed E-state index contributed by atoms with van der Waals surface area (Å²) < 4.78 is 6.50. The minimum atomic E-state index is 0.400. The molecule has 0 bridgehead atoms. The molecule has 2 aromatic rings. The van der Waals surface area contributed by atoms with Gasteiger partial charge in [-0.2, -0.15) is 0 Å². The largest absolute Gasteiger partial charge is 0.487 e. The van der Waals surface area contributed by atoms with Crippen molar-refractivity contribution in [3.8, 4) is 5.75 Å². The van der Waals surface area contributed by atoms with Crippen LogP contribution in [0, 0.1) is 0 Å². The molecule has 0 amide bonds. The topological polar surface area (TPSA) is 48.1 Å². The van der Waals surface area contributed by atoms with Crippen LogP contribution in [0.4, 0.5) is 5.69 Å². The lowest BCUT2D eigenvalue weighted by molar-refractivity contribution is 0.307. The number of nitrogen functional groups attached to an aromatic ring is 1. The van der Waals surface area contributed by atoms with Crippen LogP contribution in [0.15, 0.2) is 41.1 Å². The number of rotatable bonds is 3. The Hall–Kier alpha value is -1.26. The molecule has 88 valence electrons. The van der Waals surface area contributed by atoms with E-state index < -0.39 is 0 Å². The molecule has 2 N–H and O–H groups in total. The standard InChI is InChI=1S/C12H10BrClN2O/c13-9-3-8(5-16-6-9)7-17-12-4-10(14)1-2-11(12)15/h1-6H,7,15H2. The Bertz CT molecular complexity index is 534. The molecular weight excluding hydrogens is 304 g/mol. The number of nitrogens with two attached hydrogens (primary N) is 1. The first-order valence-electron chi connectivity index (χ1n) is 4.92. The second-order valence-corrected chi connectivity index (χ2v) is 4.83. The molecule has 0 radical (unpaired) electrons. The first-order chi connectivity index (χ1) is 8.15. The molecule has 0 saturated heterocycles. The van der Waals surface area contributed by atoms with E-state index >= 15 is 0 Å². The number of hydrogen-bond acceptors (Lipinski definition) is 3. The normalized spacial score (nSPS) is 10.2. The van der Waals surface area contributed by atoms with E-state index in [-0.39, 0.29) is 0 Å². The molecule has 0 saturated carbocycles. The Balaban J connectivity index is 2.09. The predicted molar refractivity (Wildman–Crippen MR) is 72.1 cm³/mol. The van der Waals surface area contributed by atoms with Crippen LogP contribution in [0.1, 0.15) is 5.56 Å². The Morgan fingerprint density at radius 2 is 2.12 bits per heavy atom. The number of halogens is 2. The summed E-state index contributed by atoms with van der Waals surface area (Å²) in [7, 11) is 0. The van der Waals surface area contributed by atoms with E-state index in [9.17, 15) is 0 Å². The maximum Gasteiger partial charge on any atom is 0.144 e. The van der Waals surface area contributed by atoms with Gasteiger partial charge in [-0.15, -0.1) is 0 Å². The lowest BCUT2D eigenvalue weighted by Gasteiger charge is -2.09. The number of nitrogens with zero attached hydrogens (tertiary/aromatic N) is 1. The summed E-state index contributed by atoms with van der Waals surface area (Å²) >= 11 is 9.22. The Labute approximate surface area is 113 Å². The highest BCUT2D eigenvalue weighted by Crippen LogP contribution is 2.26. The third kappa shape index (κ3) is 3.35. The number of benzene rings is 1. The highest BCUT2D eigenvalue weighted by atomic mass is 79.9. The molecule has 1 aromatic heterocycles. The molecule has 17 heavy (non-hydrogen) atoms. The van der Waals surface area contributed by atoms with Gasteiger partial charge in [0.25, 0.3) is 0 Å². The summed E-state index contributed by atoms with van der Waals surface area (Å²) in [4.78, 5) is 4.05. The Morgan fingerprint density at radius 3 is 2.88 bits per heavy atom. The van der Waals surface area contributed by atoms with Crippen molar-refractivity contribution in [1.29, 1.82) is 0 Å². The summed E-state index contributed by atoms with van der Waals surface area (Å²) in [5.74, 6) is 0.581. The lowest BCUT2D eigenvalue weighted by Crippen LogP contribution is -1.99. The number of anilines is 1. The molecule has 2 rings (SSSR count). The van der Waals surface area contributed by atoms with Crippen LogP contribution in [-0.4, -0.2) is 4.98 Å². The van der Waals surface area contributed by atoms with E-state index in [1.807, 2.05) is 6.07 Å². The Kier molecular flexibility index (Phi) is 3.86. The van der Waals surface area contributed by atoms with Gasteiger partial charge in [-0.1, -0.05) is 11.6 Å². The van der Waals surface area contributed by atoms with Gasteiger partial charge >= 0.3 is 0 Å². The quantitative estimate of drug-likeness (QED) is 0.880. The molecule has 0 aliphatic rings. The SMILES string of the molecule is Nc1ccc(Cl)cc1OCc1cncc(Br)c1. The second-order valence-electron chi connectivity index (χ2n) is 3.48. The van der Waals surface area contributed by atoms with Crippen LogP contribution in [-0.2, 0) is 6.61 Å². The average molecular weight is 314 g/mol. The van der Waals surface area contributed by atoms with Crippen molar-refractivity contribution >= 4 is 33.2 Å². The summed E-state index contributed by atoms with van der Waals surface area (Å²) in [6.07, 6.45) is 3.46. The lowest BCUT2D eigenvalue weighted by atomic mass is 10.3. The minimum absolute atomic E-state index is 0.400. The molecule has 0 unspecified atom stereocenters. The van der Waals surface area contributed by atoms with Gasteiger partial charge in [0.15, 0.2) is 0 Å². The first-order valence-corrected chi connectivity index (χ1v) is 6.09. The van der Waals surface area contributed by atoms with E-state index in [2.05, 4.69) is 20.9 Å². The van der Waals surface area contributed by atoms with Crippen molar-refractivity contribution in [3.05, 3.63) is 51.7 Å². The van der Waals surface area contributed by atoms with Gasteiger partial charge in [-0.3, -0.25) is 4.98 Å². The average Bonchev–Trinajstić information content (AvgIpc) is 2.30. The van der Waals surface area contributed by atoms with E-state index in [0.717, 1.165) is 10.0 Å². The Morgan fingerprint density at radius 1 is 1.29 bits per heavy atom. The smallest absolute Gasteiger partial charge is 0.144 e. The fourth-order valence-electron chi connectivity index (χ4n) is 1.33. The summed E-state index contributed by atoms with van der Waals surface area (Å²) in [6.45, 7) is 0.400. The molecule has 3 nitrogen and oxygen atoms in total. The molecule has 0 atom stereocenters. The summed E-state index contributed by atoms with van der Waals surface area (Å²) in [5, 5.41) is 0.599. The van der Waals surface area contributed by atoms with Gasteiger partial charge in [0.1, 0.15) is 12.4 Å². The minimum Gasteiger partial charge on any atom is -0.487 e. The van der Waals surface area contributed by atoms with E-state index in [4.69, 9.17) is 22.1 Å². The molecular formula is C12H10BrClN2O. The fourth-order valence-corrected chi connectivity index (χ4v) is 1.90. The summed E-state index contributed by atoms with van der Waals surface area (Å²) in [5.41, 5.74) is 7.30. The number of hydrogen-bond donors (Lipinski definition) is 1. The zero-order valence-electron chi connectivity index (χ0n) is 8.86. The number of aromatic nitrogens is 1. The van der Waals surface area contributed by atoms with Crippen LogP contribution >= 0.6 is 27.5 Å². The molecule has 5 heteroatoms. The van der Waals surface area contributed by atoms with Crippen LogP contribution in [0.2, 0.25) is 5.02 Å². The van der Waals surface area contributed by atoms with Crippen LogP contribution in [0.25, 0.3) is 0 Å². The van der Waals surface area contributed by atoms with Crippen molar-refractivity contribution in [2.75, 3.05) is 5.73 Å². The molecule has 0 spiro atoms. The highest BCUT2D eigenvalue weighted by Gasteiger charge is 2.02. The molecule has 0 fully saturated rings. The van der Waals surface area contributed by atoms with Crippen molar-refractivity contribution in [3.63, 3.8) is 0 Å². The van der Waals surface area contributed by atoms with Crippen molar-refractivity contribution < 1.29 is 4.74 Å². The predicted octanol–water partition coefficient (Wildman–Crippen LogP) is 3.66. The van der Waals surface area contributed by atoms with Gasteiger partial charge in [-0.25, -0.2) is 0 Å². The number of pyridine rings is 1. The first kappa shape index (κ1) is 12.2. The molecule has 0 aliphatic carbocycles. The van der Waals surface area contributed by atoms with Crippen LogP contribution < -0.4 is 10.5 Å². The fraction of sp³-hybridized carbons (Fsp3) is 0.0833. The van der Waals surface area contributed by atoms with E-state index in [1.54, 1.807) is 30.6 Å². The van der Waals surface area contributed by atoms with Gasteiger partial charge in [0.05, 0.1) is 5.69 Å². The molecule has 0 aliphatic heterocycles. The van der Waals surface area contributed by atoms with Crippen molar-refractivity contribution in [2.24, 2.45) is 0 Å². The van der Waals surface area contributed by atoms with Crippen molar-refractivity contribution in [1.82, 2.24) is 4.98 Å². The van der Waals surface area contributed by atoms with Gasteiger partial charge in [0, 0.05) is 33.5 Å². The van der Waals surface area contributed by atoms with Gasteiger partial charge in [0.2, 0.25) is 0 Å².